The van der Waals surface area contributed by atoms with E-state index in [-0.39, 0.29) is 5.75 Å². The summed E-state index contributed by atoms with van der Waals surface area (Å²) in [4.78, 5) is 0. The maximum atomic E-state index is 11.8. The van der Waals surface area contributed by atoms with Gasteiger partial charge in [0.2, 0.25) is 10.0 Å². The van der Waals surface area contributed by atoms with Crippen LogP contribution >= 0.6 is 0 Å². The molecule has 1 aliphatic heterocycles. The van der Waals surface area contributed by atoms with Crippen LogP contribution < -0.4 is 5.32 Å². The quantitative estimate of drug-likeness (QED) is 0.847. The van der Waals surface area contributed by atoms with Crippen LogP contribution in [0.4, 0.5) is 0 Å². The van der Waals surface area contributed by atoms with Gasteiger partial charge in [-0.3, -0.25) is 0 Å². The Bertz CT molecular complexity index is 361. The fourth-order valence-electron chi connectivity index (χ4n) is 3.18. The molecule has 2 unspecified atom stereocenters. The van der Waals surface area contributed by atoms with E-state index in [1.807, 2.05) is 0 Å². The van der Waals surface area contributed by atoms with Crippen molar-refractivity contribution < 1.29 is 8.42 Å². The van der Waals surface area contributed by atoms with Gasteiger partial charge < -0.3 is 5.32 Å². The highest BCUT2D eigenvalue weighted by molar-refractivity contribution is 7.89. The second-order valence-electron chi connectivity index (χ2n) is 5.86. The van der Waals surface area contributed by atoms with E-state index in [0.717, 1.165) is 18.8 Å². The lowest BCUT2D eigenvalue weighted by atomic mass is 10.0. The summed E-state index contributed by atoms with van der Waals surface area (Å²) in [6.07, 6.45) is 5.83. The first-order valence-electron chi connectivity index (χ1n) is 7.25. The fraction of sp³-hybridized carbons (Fsp3) is 1.00. The molecule has 5 heteroatoms. The van der Waals surface area contributed by atoms with Crippen molar-refractivity contribution in [2.45, 2.75) is 58.0 Å². The first-order valence-corrected chi connectivity index (χ1v) is 8.86. The van der Waals surface area contributed by atoms with Gasteiger partial charge in [0.15, 0.2) is 0 Å². The zero-order chi connectivity index (χ0) is 13.2. The molecular weight excluding hydrogens is 248 g/mol. The highest BCUT2D eigenvalue weighted by Crippen LogP contribution is 2.26. The van der Waals surface area contributed by atoms with Gasteiger partial charge in [-0.15, -0.1) is 0 Å². The summed E-state index contributed by atoms with van der Waals surface area (Å²) in [5.74, 6) is 1.08. The van der Waals surface area contributed by atoms with E-state index >= 15 is 0 Å². The summed E-state index contributed by atoms with van der Waals surface area (Å²) in [7, 11) is -2.98. The summed E-state index contributed by atoms with van der Waals surface area (Å²) < 4.78 is 25.2. The Morgan fingerprint density at radius 2 is 1.78 bits per heavy atom. The lowest BCUT2D eigenvalue weighted by molar-refractivity contribution is 0.272. The Morgan fingerprint density at radius 1 is 1.11 bits per heavy atom. The standard InChI is InChI=1S/C13H26N2O2S/c1-3-18(16,17)15-8-6-12(7-9-15)14-13-5-4-11(2)10-13/h11-14H,3-10H2,1-2H3. The maximum absolute atomic E-state index is 11.8. The number of nitrogens with one attached hydrogen (secondary N) is 1. The third-order valence-corrected chi connectivity index (χ3v) is 6.26. The average Bonchev–Trinajstić information content (AvgIpc) is 2.75. The Balaban J connectivity index is 1.77. The molecule has 18 heavy (non-hydrogen) atoms. The number of hydrogen-bond donors (Lipinski definition) is 1. The summed E-state index contributed by atoms with van der Waals surface area (Å²) >= 11 is 0. The molecule has 1 saturated carbocycles. The Morgan fingerprint density at radius 3 is 2.28 bits per heavy atom. The lowest BCUT2D eigenvalue weighted by Crippen LogP contribution is -2.47. The molecule has 4 nitrogen and oxygen atoms in total. The van der Waals surface area contributed by atoms with Crippen molar-refractivity contribution in [3.63, 3.8) is 0 Å². The molecule has 1 saturated heterocycles. The summed E-state index contributed by atoms with van der Waals surface area (Å²) in [5, 5.41) is 3.72. The SMILES string of the molecule is CCS(=O)(=O)N1CCC(NC2CCC(C)C2)CC1. The zero-order valence-corrected chi connectivity index (χ0v) is 12.4. The lowest BCUT2D eigenvalue weighted by Gasteiger charge is -2.33. The minimum absolute atomic E-state index is 0.227. The van der Waals surface area contributed by atoms with Gasteiger partial charge in [-0.05, 0) is 44.9 Å². The minimum Gasteiger partial charge on any atom is -0.311 e. The van der Waals surface area contributed by atoms with E-state index in [1.165, 1.54) is 19.3 Å². The molecule has 0 radical (unpaired) electrons. The molecule has 2 fully saturated rings. The Kier molecular flexibility index (Phi) is 4.67. The molecule has 0 bridgehead atoms. The number of piperidine rings is 1. The fourth-order valence-corrected chi connectivity index (χ4v) is 4.31. The van der Waals surface area contributed by atoms with Crippen LogP contribution in [0.3, 0.4) is 0 Å². The van der Waals surface area contributed by atoms with Crippen molar-refractivity contribution in [3.05, 3.63) is 0 Å². The van der Waals surface area contributed by atoms with E-state index in [0.29, 0.717) is 25.2 Å². The molecule has 0 aromatic rings. The number of sulfonamides is 1. The van der Waals surface area contributed by atoms with Gasteiger partial charge in [0.1, 0.15) is 0 Å². The number of rotatable bonds is 4. The molecule has 0 aromatic heterocycles. The van der Waals surface area contributed by atoms with Gasteiger partial charge in [-0.25, -0.2) is 12.7 Å². The topological polar surface area (TPSA) is 49.4 Å². The van der Waals surface area contributed by atoms with Crippen molar-refractivity contribution in [1.29, 1.82) is 0 Å². The van der Waals surface area contributed by atoms with Crippen molar-refractivity contribution in [2.75, 3.05) is 18.8 Å². The van der Waals surface area contributed by atoms with Gasteiger partial charge in [0.05, 0.1) is 5.75 Å². The van der Waals surface area contributed by atoms with E-state index < -0.39 is 10.0 Å². The highest BCUT2D eigenvalue weighted by Gasteiger charge is 2.29. The largest absolute Gasteiger partial charge is 0.311 e. The van der Waals surface area contributed by atoms with Gasteiger partial charge >= 0.3 is 0 Å². The van der Waals surface area contributed by atoms with Crippen LogP contribution in [0.15, 0.2) is 0 Å². The van der Waals surface area contributed by atoms with Crippen molar-refractivity contribution in [2.24, 2.45) is 5.92 Å². The first-order chi connectivity index (χ1) is 8.51. The summed E-state index contributed by atoms with van der Waals surface area (Å²) in [6, 6.07) is 1.18. The molecule has 1 heterocycles. The minimum atomic E-state index is -2.98. The summed E-state index contributed by atoms with van der Waals surface area (Å²) in [5.41, 5.74) is 0. The van der Waals surface area contributed by atoms with Crippen LogP contribution in [-0.4, -0.2) is 43.6 Å². The van der Waals surface area contributed by atoms with Gasteiger partial charge in [0, 0.05) is 25.2 Å². The van der Waals surface area contributed by atoms with Crippen LogP contribution in [0.1, 0.15) is 46.0 Å². The van der Waals surface area contributed by atoms with Gasteiger partial charge in [0.25, 0.3) is 0 Å². The molecule has 1 aliphatic carbocycles. The van der Waals surface area contributed by atoms with Crippen LogP contribution in [0.2, 0.25) is 0 Å². The van der Waals surface area contributed by atoms with E-state index in [9.17, 15) is 8.42 Å². The van der Waals surface area contributed by atoms with E-state index in [1.54, 1.807) is 11.2 Å². The highest BCUT2D eigenvalue weighted by atomic mass is 32.2. The molecular formula is C13H26N2O2S. The van der Waals surface area contributed by atoms with Gasteiger partial charge in [-0.2, -0.15) is 0 Å². The number of hydrogen-bond acceptors (Lipinski definition) is 3. The van der Waals surface area contributed by atoms with Crippen LogP contribution in [0, 0.1) is 5.92 Å². The summed E-state index contributed by atoms with van der Waals surface area (Å²) in [6.45, 7) is 5.42. The first kappa shape index (κ1) is 14.3. The van der Waals surface area contributed by atoms with Crippen LogP contribution in [-0.2, 0) is 10.0 Å². The van der Waals surface area contributed by atoms with Crippen molar-refractivity contribution in [1.82, 2.24) is 9.62 Å². The molecule has 0 amide bonds. The molecule has 1 N–H and O–H groups in total. The Hall–Kier alpha value is -0.130. The predicted molar refractivity (Wildman–Crippen MR) is 74.0 cm³/mol. The van der Waals surface area contributed by atoms with E-state index in [4.69, 9.17) is 0 Å². The predicted octanol–water partition coefficient (Wildman–Crippen LogP) is 1.58. The third kappa shape index (κ3) is 3.45. The maximum Gasteiger partial charge on any atom is 0.213 e. The molecule has 2 atom stereocenters. The molecule has 2 rings (SSSR count). The van der Waals surface area contributed by atoms with Gasteiger partial charge in [-0.1, -0.05) is 6.92 Å². The molecule has 106 valence electrons. The number of nitrogens with zero attached hydrogens (tertiary/aromatic N) is 1. The zero-order valence-electron chi connectivity index (χ0n) is 11.6. The Labute approximate surface area is 111 Å². The molecule has 0 spiro atoms. The molecule has 2 aliphatic rings. The van der Waals surface area contributed by atoms with Crippen molar-refractivity contribution >= 4 is 10.0 Å². The second kappa shape index (κ2) is 5.88. The normalized spacial score (nSPS) is 31.9. The van der Waals surface area contributed by atoms with Crippen LogP contribution in [0.5, 0.6) is 0 Å². The monoisotopic (exact) mass is 274 g/mol. The average molecular weight is 274 g/mol. The third-order valence-electron chi connectivity index (χ3n) is 4.38. The smallest absolute Gasteiger partial charge is 0.213 e. The van der Waals surface area contributed by atoms with Crippen LogP contribution in [0.25, 0.3) is 0 Å². The van der Waals surface area contributed by atoms with Crippen molar-refractivity contribution in [3.8, 4) is 0 Å². The molecule has 0 aromatic carbocycles. The van der Waals surface area contributed by atoms with E-state index in [2.05, 4.69) is 12.2 Å². The second-order valence-corrected chi connectivity index (χ2v) is 8.11.